The summed E-state index contributed by atoms with van der Waals surface area (Å²) in [5.41, 5.74) is 1.69. The Morgan fingerprint density at radius 1 is 1.23 bits per heavy atom. The fourth-order valence-electron chi connectivity index (χ4n) is 3.15. The fraction of sp³-hybridized carbons (Fsp3) is 0.421. The Morgan fingerprint density at radius 3 is 2.69 bits per heavy atom. The molecule has 3 rings (SSSR count). The van der Waals surface area contributed by atoms with E-state index in [1.807, 2.05) is 24.3 Å². The summed E-state index contributed by atoms with van der Waals surface area (Å²) < 4.78 is 15.2. The number of benzene rings is 1. The van der Waals surface area contributed by atoms with Gasteiger partial charge < -0.3 is 18.9 Å². The predicted molar refractivity (Wildman–Crippen MR) is 93.0 cm³/mol. The number of hydrogen-bond donors (Lipinski definition) is 0. The van der Waals surface area contributed by atoms with Crippen LogP contribution in [0.1, 0.15) is 41.1 Å². The molecule has 0 spiro atoms. The number of methoxy groups -OCH3 is 2. The lowest BCUT2D eigenvalue weighted by molar-refractivity contribution is -0.147. The molecule has 0 unspecified atom stereocenters. The lowest BCUT2D eigenvalue weighted by Gasteiger charge is -2.32. The van der Waals surface area contributed by atoms with E-state index in [4.69, 9.17) is 14.0 Å². The van der Waals surface area contributed by atoms with Gasteiger partial charge in [-0.3, -0.25) is 4.79 Å². The second kappa shape index (κ2) is 8.03. The third kappa shape index (κ3) is 3.87. The van der Waals surface area contributed by atoms with Crippen molar-refractivity contribution in [2.45, 2.75) is 31.7 Å². The molecule has 26 heavy (non-hydrogen) atoms. The van der Waals surface area contributed by atoms with Crippen LogP contribution in [0.3, 0.4) is 0 Å². The van der Waals surface area contributed by atoms with E-state index in [2.05, 4.69) is 5.16 Å². The number of esters is 1. The van der Waals surface area contributed by atoms with E-state index in [0.29, 0.717) is 25.1 Å². The molecular weight excluding hydrogens is 336 g/mol. The summed E-state index contributed by atoms with van der Waals surface area (Å²) in [6, 6.07) is 8.69. The van der Waals surface area contributed by atoms with Crippen molar-refractivity contribution in [3.8, 4) is 5.75 Å². The lowest BCUT2D eigenvalue weighted by Crippen LogP contribution is -2.48. The van der Waals surface area contributed by atoms with Gasteiger partial charge in [0.2, 0.25) is 5.76 Å². The van der Waals surface area contributed by atoms with Crippen molar-refractivity contribution in [1.82, 2.24) is 10.1 Å². The summed E-state index contributed by atoms with van der Waals surface area (Å²) in [4.78, 5) is 26.2. The topological polar surface area (TPSA) is 81.9 Å². The molecule has 2 heterocycles. The monoisotopic (exact) mass is 358 g/mol. The van der Waals surface area contributed by atoms with Crippen LogP contribution in [0, 0.1) is 0 Å². The Bertz CT molecular complexity index is 768. The Hall–Kier alpha value is -2.83. The highest BCUT2D eigenvalue weighted by Crippen LogP contribution is 2.22. The van der Waals surface area contributed by atoms with Crippen LogP contribution >= 0.6 is 0 Å². The first-order chi connectivity index (χ1) is 12.6. The number of ether oxygens (including phenoxy) is 2. The van der Waals surface area contributed by atoms with Crippen molar-refractivity contribution < 1.29 is 23.6 Å². The predicted octanol–water partition coefficient (Wildman–Crippen LogP) is 2.44. The summed E-state index contributed by atoms with van der Waals surface area (Å²) in [6.45, 7) is 0.507. The molecule has 0 bridgehead atoms. The minimum atomic E-state index is -0.559. The van der Waals surface area contributed by atoms with Crippen molar-refractivity contribution in [3.63, 3.8) is 0 Å². The molecule has 0 saturated carbocycles. The van der Waals surface area contributed by atoms with E-state index in [9.17, 15) is 9.59 Å². The van der Waals surface area contributed by atoms with Gasteiger partial charge in [-0.15, -0.1) is 0 Å². The molecule has 0 N–H and O–H groups in total. The van der Waals surface area contributed by atoms with Crippen LogP contribution in [-0.4, -0.2) is 48.7 Å². The highest BCUT2D eigenvalue weighted by Gasteiger charge is 2.34. The van der Waals surface area contributed by atoms with Crippen LogP contribution in [-0.2, 0) is 16.0 Å². The standard InChI is InChI=1S/C19H22N2O5/c1-24-15-8-6-13(7-9-15)11-14-12-17(26-20-14)18(22)21-10-4-3-5-16(21)19(23)25-2/h6-9,12,16H,3-5,10-11H2,1-2H3/t16-/m1/s1. The van der Waals surface area contributed by atoms with Crippen molar-refractivity contribution in [3.05, 3.63) is 47.3 Å². The van der Waals surface area contributed by atoms with Crippen molar-refractivity contribution in [2.75, 3.05) is 20.8 Å². The minimum Gasteiger partial charge on any atom is -0.497 e. The second-order valence-corrected chi connectivity index (χ2v) is 6.24. The number of aromatic nitrogens is 1. The van der Waals surface area contributed by atoms with Crippen LogP contribution in [0.2, 0.25) is 0 Å². The summed E-state index contributed by atoms with van der Waals surface area (Å²) >= 11 is 0. The van der Waals surface area contributed by atoms with Crippen molar-refractivity contribution >= 4 is 11.9 Å². The van der Waals surface area contributed by atoms with E-state index in [1.54, 1.807) is 13.2 Å². The quantitative estimate of drug-likeness (QED) is 0.764. The van der Waals surface area contributed by atoms with E-state index < -0.39 is 12.0 Å². The maximum atomic E-state index is 12.7. The molecule has 7 heteroatoms. The number of rotatable bonds is 5. The first kappa shape index (κ1) is 18.0. The normalized spacial score (nSPS) is 17.0. The fourth-order valence-corrected chi connectivity index (χ4v) is 3.15. The van der Waals surface area contributed by atoms with Gasteiger partial charge in [-0.05, 0) is 37.0 Å². The number of hydrogen-bond acceptors (Lipinski definition) is 6. The number of carbonyl (C=O) groups is 2. The highest BCUT2D eigenvalue weighted by molar-refractivity contribution is 5.94. The number of amides is 1. The van der Waals surface area contributed by atoms with Crippen molar-refractivity contribution in [2.24, 2.45) is 0 Å². The molecule has 0 radical (unpaired) electrons. The van der Waals surface area contributed by atoms with Crippen molar-refractivity contribution in [1.29, 1.82) is 0 Å². The number of nitrogens with zero attached hydrogens (tertiary/aromatic N) is 2. The van der Waals surface area contributed by atoms with Gasteiger partial charge in [-0.2, -0.15) is 0 Å². The second-order valence-electron chi connectivity index (χ2n) is 6.24. The number of likely N-dealkylation sites (tertiary alicyclic amines) is 1. The molecule has 1 atom stereocenters. The third-order valence-electron chi connectivity index (χ3n) is 4.55. The molecule has 0 aliphatic carbocycles. The highest BCUT2D eigenvalue weighted by atomic mass is 16.5. The minimum absolute atomic E-state index is 0.143. The van der Waals surface area contributed by atoms with Gasteiger partial charge in [0.05, 0.1) is 19.9 Å². The number of carbonyl (C=O) groups excluding carboxylic acids is 2. The van der Waals surface area contributed by atoms with Crippen LogP contribution in [0.4, 0.5) is 0 Å². The van der Waals surface area contributed by atoms with E-state index >= 15 is 0 Å². The molecule has 1 aromatic carbocycles. The first-order valence-corrected chi connectivity index (χ1v) is 8.59. The smallest absolute Gasteiger partial charge is 0.328 e. The van der Waals surface area contributed by atoms with Gasteiger partial charge >= 0.3 is 5.97 Å². The summed E-state index contributed by atoms with van der Waals surface area (Å²) in [6.07, 6.45) is 2.89. The Kier molecular flexibility index (Phi) is 5.55. The zero-order valence-corrected chi connectivity index (χ0v) is 14.9. The molecule has 2 aromatic rings. The summed E-state index contributed by atoms with van der Waals surface area (Å²) in [5, 5.41) is 3.99. The maximum Gasteiger partial charge on any atom is 0.328 e. The van der Waals surface area contributed by atoms with Gasteiger partial charge in [0, 0.05) is 19.0 Å². The maximum absolute atomic E-state index is 12.7. The average Bonchev–Trinajstić information content (AvgIpc) is 3.16. The Morgan fingerprint density at radius 2 is 2.00 bits per heavy atom. The summed E-state index contributed by atoms with van der Waals surface area (Å²) in [7, 11) is 2.95. The summed E-state index contributed by atoms with van der Waals surface area (Å²) in [5.74, 6) is 0.206. The molecule has 1 saturated heterocycles. The van der Waals surface area contributed by atoms with Crippen LogP contribution in [0.5, 0.6) is 5.75 Å². The van der Waals surface area contributed by atoms with Crippen LogP contribution in [0.15, 0.2) is 34.9 Å². The first-order valence-electron chi connectivity index (χ1n) is 8.59. The van der Waals surface area contributed by atoms with Gasteiger partial charge in [-0.1, -0.05) is 17.3 Å². The number of piperidine rings is 1. The molecular formula is C19H22N2O5. The Labute approximate surface area is 151 Å². The molecule has 1 fully saturated rings. The van der Waals surface area contributed by atoms with E-state index in [0.717, 1.165) is 24.2 Å². The largest absolute Gasteiger partial charge is 0.497 e. The van der Waals surface area contributed by atoms with Gasteiger partial charge in [0.15, 0.2) is 0 Å². The van der Waals surface area contributed by atoms with E-state index in [-0.39, 0.29) is 11.7 Å². The SMILES string of the molecule is COC(=O)[C@H]1CCCCN1C(=O)c1cc(Cc2ccc(OC)cc2)no1. The molecule has 1 aromatic heterocycles. The van der Waals surface area contributed by atoms with Crippen LogP contribution < -0.4 is 4.74 Å². The molecule has 1 amide bonds. The molecule has 1 aliphatic heterocycles. The Balaban J connectivity index is 1.71. The van der Waals surface area contributed by atoms with Crippen LogP contribution in [0.25, 0.3) is 0 Å². The van der Waals surface area contributed by atoms with Gasteiger partial charge in [0.25, 0.3) is 5.91 Å². The van der Waals surface area contributed by atoms with Gasteiger partial charge in [-0.25, -0.2) is 4.79 Å². The van der Waals surface area contributed by atoms with Gasteiger partial charge in [0.1, 0.15) is 11.8 Å². The zero-order chi connectivity index (χ0) is 18.5. The average molecular weight is 358 g/mol. The molecule has 7 nitrogen and oxygen atoms in total. The molecule has 1 aliphatic rings. The zero-order valence-electron chi connectivity index (χ0n) is 14.9. The third-order valence-corrected chi connectivity index (χ3v) is 4.55. The molecule has 138 valence electrons. The van der Waals surface area contributed by atoms with E-state index in [1.165, 1.54) is 12.0 Å². The lowest BCUT2D eigenvalue weighted by atomic mass is 10.0.